The average molecular weight is 637 g/mol. The number of aryl methyl sites for hydroxylation is 2. The van der Waals surface area contributed by atoms with Crippen molar-refractivity contribution >= 4 is 61.3 Å². The summed E-state index contributed by atoms with van der Waals surface area (Å²) in [6, 6.07) is 9.62. The molecule has 11 heteroatoms. The third kappa shape index (κ3) is 7.91. The number of nitrogens with zero attached hydrogens (tertiary/aromatic N) is 5. The Bertz CT molecular complexity index is 1340. The first-order valence-electron chi connectivity index (χ1n) is 12.9. The molecule has 38 heavy (non-hydrogen) atoms. The SMILES string of the molecule is Cc1cc(Cl)cc(-c2nnc(N)s2)c1NCCCCCCCCCCc1cc(Br)nn1-c1ncccc1Cl. The molecule has 3 N–H and O–H groups in total. The topological polar surface area (TPSA) is 94.5 Å². The monoisotopic (exact) mass is 635 g/mol. The quantitative estimate of drug-likeness (QED) is 0.135. The molecule has 0 bridgehead atoms. The van der Waals surface area contributed by atoms with Gasteiger partial charge in [0.25, 0.3) is 0 Å². The van der Waals surface area contributed by atoms with E-state index in [2.05, 4.69) is 54.5 Å². The lowest BCUT2D eigenvalue weighted by molar-refractivity contribution is 0.568. The third-order valence-corrected chi connectivity index (χ3v) is 8.01. The summed E-state index contributed by atoms with van der Waals surface area (Å²) in [7, 11) is 0. The Labute approximate surface area is 246 Å². The number of nitrogen functional groups attached to an aromatic ring is 1. The number of hydrogen-bond donors (Lipinski definition) is 2. The summed E-state index contributed by atoms with van der Waals surface area (Å²) in [4.78, 5) is 4.39. The molecule has 0 unspecified atom stereocenters. The van der Waals surface area contributed by atoms with E-state index in [-0.39, 0.29) is 0 Å². The molecule has 0 atom stereocenters. The number of aromatic nitrogens is 5. The van der Waals surface area contributed by atoms with Gasteiger partial charge in [-0.1, -0.05) is 73.1 Å². The van der Waals surface area contributed by atoms with E-state index in [1.165, 1.54) is 49.9 Å². The number of benzene rings is 1. The van der Waals surface area contributed by atoms with Crippen LogP contribution in [0.3, 0.4) is 0 Å². The molecular formula is C27H32BrCl2N7S. The number of pyridine rings is 1. The minimum Gasteiger partial charge on any atom is -0.384 e. The van der Waals surface area contributed by atoms with E-state index in [0.29, 0.717) is 21.0 Å². The standard InChI is InChI=1S/C27H32BrCl2N7S/c1-18-15-19(29)16-21(26-34-35-27(31)38-26)24(18)32-13-9-7-5-3-2-4-6-8-11-20-17-23(28)36-37(20)25-22(30)12-10-14-33-25/h10,12,14-17,32H,2-9,11,13H2,1H3,(H2,31,35). The third-order valence-electron chi connectivity index (χ3n) is 6.33. The average Bonchev–Trinajstić information content (AvgIpc) is 3.48. The second-order valence-corrected chi connectivity index (χ2v) is 11.9. The van der Waals surface area contributed by atoms with Crippen LogP contribution in [0.1, 0.15) is 62.6 Å². The van der Waals surface area contributed by atoms with Gasteiger partial charge in [-0.15, -0.1) is 10.2 Å². The molecule has 0 aliphatic heterocycles. The number of anilines is 2. The summed E-state index contributed by atoms with van der Waals surface area (Å²) in [5.41, 5.74) is 10.0. The van der Waals surface area contributed by atoms with Gasteiger partial charge in [0.2, 0.25) is 5.13 Å². The van der Waals surface area contributed by atoms with E-state index in [1.807, 2.05) is 28.9 Å². The van der Waals surface area contributed by atoms with Crippen molar-refractivity contribution in [2.75, 3.05) is 17.6 Å². The smallest absolute Gasteiger partial charge is 0.203 e. The molecule has 1 aromatic carbocycles. The molecule has 0 radical (unpaired) electrons. The molecule has 0 aliphatic rings. The van der Waals surface area contributed by atoms with Crippen LogP contribution in [0.25, 0.3) is 16.4 Å². The van der Waals surface area contributed by atoms with Crippen molar-refractivity contribution in [3.05, 3.63) is 62.4 Å². The largest absolute Gasteiger partial charge is 0.384 e. The highest BCUT2D eigenvalue weighted by molar-refractivity contribution is 9.10. The highest BCUT2D eigenvalue weighted by atomic mass is 79.9. The van der Waals surface area contributed by atoms with Crippen LogP contribution >= 0.6 is 50.5 Å². The number of hydrogen-bond acceptors (Lipinski definition) is 7. The molecule has 3 heterocycles. The van der Waals surface area contributed by atoms with Gasteiger partial charge in [0.1, 0.15) is 4.60 Å². The van der Waals surface area contributed by atoms with Crippen molar-refractivity contribution in [2.24, 2.45) is 0 Å². The zero-order chi connectivity index (χ0) is 26.9. The molecule has 4 aromatic rings. The fourth-order valence-corrected chi connectivity index (χ4v) is 6.01. The van der Waals surface area contributed by atoms with Gasteiger partial charge >= 0.3 is 0 Å². The highest BCUT2D eigenvalue weighted by Gasteiger charge is 2.14. The molecule has 202 valence electrons. The molecule has 0 fully saturated rings. The lowest BCUT2D eigenvalue weighted by atomic mass is 10.1. The van der Waals surface area contributed by atoms with Gasteiger partial charge in [-0.05, 0) is 78.0 Å². The van der Waals surface area contributed by atoms with E-state index in [9.17, 15) is 0 Å². The molecular weight excluding hydrogens is 605 g/mol. The molecule has 0 aliphatic carbocycles. The van der Waals surface area contributed by atoms with Gasteiger partial charge in [0, 0.05) is 34.7 Å². The number of rotatable bonds is 14. The van der Waals surface area contributed by atoms with E-state index in [4.69, 9.17) is 28.9 Å². The number of nitrogens with one attached hydrogen (secondary N) is 1. The fourth-order valence-electron chi connectivity index (χ4n) is 4.48. The molecule has 3 aromatic heterocycles. The minimum absolute atomic E-state index is 0.456. The van der Waals surface area contributed by atoms with Crippen LogP contribution in [0, 0.1) is 6.92 Å². The maximum atomic E-state index is 6.32. The minimum atomic E-state index is 0.456. The maximum absolute atomic E-state index is 6.32. The number of nitrogens with two attached hydrogens (primary N) is 1. The summed E-state index contributed by atoms with van der Waals surface area (Å²) >= 11 is 17.5. The molecule has 0 amide bonds. The van der Waals surface area contributed by atoms with E-state index in [1.54, 1.807) is 6.20 Å². The van der Waals surface area contributed by atoms with Crippen molar-refractivity contribution in [3.8, 4) is 16.4 Å². The van der Waals surface area contributed by atoms with Crippen molar-refractivity contribution in [3.63, 3.8) is 0 Å². The fraction of sp³-hybridized carbons (Fsp3) is 0.407. The molecule has 4 rings (SSSR count). The van der Waals surface area contributed by atoms with Crippen molar-refractivity contribution in [1.82, 2.24) is 25.0 Å². The summed E-state index contributed by atoms with van der Waals surface area (Å²) < 4.78 is 2.65. The normalized spacial score (nSPS) is 11.3. The first kappa shape index (κ1) is 28.8. The van der Waals surface area contributed by atoms with Crippen LogP contribution in [0.5, 0.6) is 0 Å². The van der Waals surface area contributed by atoms with Gasteiger partial charge in [-0.2, -0.15) is 5.10 Å². The highest BCUT2D eigenvalue weighted by Crippen LogP contribution is 2.36. The molecule has 0 saturated carbocycles. The number of unbranched alkanes of at least 4 members (excludes halogenated alkanes) is 7. The maximum Gasteiger partial charge on any atom is 0.203 e. The predicted molar refractivity (Wildman–Crippen MR) is 163 cm³/mol. The van der Waals surface area contributed by atoms with Crippen LogP contribution in [0.15, 0.2) is 41.1 Å². The van der Waals surface area contributed by atoms with E-state index < -0.39 is 0 Å². The Hall–Kier alpha value is -2.20. The second-order valence-electron chi connectivity index (χ2n) is 9.27. The summed E-state index contributed by atoms with van der Waals surface area (Å²) in [5, 5.41) is 18.8. The van der Waals surface area contributed by atoms with Crippen LogP contribution in [-0.4, -0.2) is 31.5 Å². The van der Waals surface area contributed by atoms with Gasteiger partial charge in [0.05, 0.1) is 5.02 Å². The summed E-state index contributed by atoms with van der Waals surface area (Å²) in [5.74, 6) is 0.677. The molecule has 7 nitrogen and oxygen atoms in total. The molecule has 0 spiro atoms. The predicted octanol–water partition coefficient (Wildman–Crippen LogP) is 8.52. The van der Waals surface area contributed by atoms with Gasteiger partial charge in [-0.25, -0.2) is 9.67 Å². The van der Waals surface area contributed by atoms with Crippen LogP contribution in [0.2, 0.25) is 10.0 Å². The summed E-state index contributed by atoms with van der Waals surface area (Å²) in [6.45, 7) is 2.97. The zero-order valence-corrected chi connectivity index (χ0v) is 25.3. The zero-order valence-electron chi connectivity index (χ0n) is 21.4. The Morgan fingerprint density at radius 1 is 1.00 bits per heavy atom. The van der Waals surface area contributed by atoms with Gasteiger partial charge < -0.3 is 11.1 Å². The van der Waals surface area contributed by atoms with Crippen LogP contribution < -0.4 is 11.1 Å². The van der Waals surface area contributed by atoms with Crippen molar-refractivity contribution < 1.29 is 0 Å². The Kier molecular flexibility index (Phi) is 10.8. The second kappa shape index (κ2) is 14.3. The first-order valence-corrected chi connectivity index (χ1v) is 15.3. The first-order chi connectivity index (χ1) is 18.4. The van der Waals surface area contributed by atoms with Crippen LogP contribution in [-0.2, 0) is 6.42 Å². The lowest BCUT2D eigenvalue weighted by Crippen LogP contribution is -2.05. The van der Waals surface area contributed by atoms with Gasteiger partial charge in [-0.3, -0.25) is 0 Å². The lowest BCUT2D eigenvalue weighted by Gasteiger charge is -2.14. The Morgan fingerprint density at radius 2 is 1.74 bits per heavy atom. The van der Waals surface area contributed by atoms with Crippen molar-refractivity contribution in [1.29, 1.82) is 0 Å². The van der Waals surface area contributed by atoms with E-state index >= 15 is 0 Å². The molecule has 0 saturated heterocycles. The van der Waals surface area contributed by atoms with Crippen LogP contribution in [0.4, 0.5) is 10.8 Å². The Balaban J connectivity index is 1.12. The number of halogens is 3. The summed E-state index contributed by atoms with van der Waals surface area (Å²) in [6.07, 6.45) is 12.4. The Morgan fingerprint density at radius 3 is 2.45 bits per heavy atom. The van der Waals surface area contributed by atoms with Crippen molar-refractivity contribution in [2.45, 2.75) is 64.7 Å². The van der Waals surface area contributed by atoms with E-state index in [0.717, 1.165) is 57.9 Å². The van der Waals surface area contributed by atoms with Gasteiger partial charge in [0.15, 0.2) is 10.8 Å².